The molecule has 126 valence electrons. The number of hydrogen-bond acceptors (Lipinski definition) is 4. The highest BCUT2D eigenvalue weighted by Crippen LogP contribution is 2.18. The Morgan fingerprint density at radius 2 is 2.30 bits per heavy atom. The summed E-state index contributed by atoms with van der Waals surface area (Å²) in [5.74, 6) is -0.805. The summed E-state index contributed by atoms with van der Waals surface area (Å²) >= 11 is 0. The summed E-state index contributed by atoms with van der Waals surface area (Å²) in [6, 6.07) is 3.14. The lowest BCUT2D eigenvalue weighted by atomic mass is 9.99. The maximum absolute atomic E-state index is 12.2. The lowest BCUT2D eigenvalue weighted by Crippen LogP contribution is -2.44. The average molecular weight is 321 g/mol. The van der Waals surface area contributed by atoms with Gasteiger partial charge < -0.3 is 20.1 Å². The van der Waals surface area contributed by atoms with E-state index in [2.05, 4.69) is 17.2 Å². The number of nitrogens with one attached hydrogen (secondary N) is 1. The van der Waals surface area contributed by atoms with E-state index < -0.39 is 11.9 Å². The molecule has 1 aliphatic rings. The molecule has 1 aromatic heterocycles. The Balaban J connectivity index is 1.86. The molecule has 2 heterocycles. The first kappa shape index (κ1) is 17.1. The van der Waals surface area contributed by atoms with Crippen LogP contribution in [-0.2, 0) is 4.79 Å². The van der Waals surface area contributed by atoms with E-state index in [4.69, 9.17) is 9.84 Å². The number of piperidine rings is 1. The van der Waals surface area contributed by atoms with Gasteiger partial charge in [-0.3, -0.25) is 4.79 Å². The molecule has 1 fully saturated rings. The molecule has 1 saturated heterocycles. The smallest absolute Gasteiger partial charge is 0.321 e. The van der Waals surface area contributed by atoms with Crippen molar-refractivity contribution in [3.63, 3.8) is 0 Å². The lowest BCUT2D eigenvalue weighted by molar-refractivity contribution is -0.143. The molecule has 0 radical (unpaired) electrons. The van der Waals surface area contributed by atoms with Gasteiger partial charge in [-0.25, -0.2) is 9.78 Å². The van der Waals surface area contributed by atoms with Crippen LogP contribution in [-0.4, -0.2) is 46.7 Å². The highest BCUT2D eigenvalue weighted by Gasteiger charge is 2.28. The van der Waals surface area contributed by atoms with Gasteiger partial charge in [-0.2, -0.15) is 0 Å². The Labute approximate surface area is 135 Å². The van der Waals surface area contributed by atoms with Crippen molar-refractivity contribution in [3.05, 3.63) is 18.3 Å². The number of carboxylic acid groups (broad SMARTS) is 1. The standard InChI is InChI=1S/C16H23N3O4/c1-2-3-9-23-14-7-6-13(10-17-14)18-16(22)19-8-4-5-12(11-19)15(20)21/h6-7,10,12H,2-5,8-9,11H2,1H3,(H,18,22)(H,20,21)/t12-/m1/s1. The molecule has 1 aromatic rings. The van der Waals surface area contributed by atoms with Crippen molar-refractivity contribution in [2.24, 2.45) is 5.92 Å². The molecule has 23 heavy (non-hydrogen) atoms. The molecule has 7 nitrogen and oxygen atoms in total. The molecular formula is C16H23N3O4. The SMILES string of the molecule is CCCCOc1ccc(NC(=O)N2CCC[C@@H](C(=O)O)C2)cn1. The van der Waals surface area contributed by atoms with Crippen LogP contribution in [0.3, 0.4) is 0 Å². The fourth-order valence-electron chi connectivity index (χ4n) is 2.43. The number of unbranched alkanes of at least 4 members (excludes halogenated alkanes) is 1. The number of urea groups is 1. The van der Waals surface area contributed by atoms with Gasteiger partial charge in [0.05, 0.1) is 24.4 Å². The van der Waals surface area contributed by atoms with Crippen molar-refractivity contribution < 1.29 is 19.4 Å². The van der Waals surface area contributed by atoms with Gasteiger partial charge in [0.2, 0.25) is 5.88 Å². The van der Waals surface area contributed by atoms with Gasteiger partial charge in [-0.05, 0) is 25.3 Å². The third kappa shape index (κ3) is 5.12. The van der Waals surface area contributed by atoms with Gasteiger partial charge >= 0.3 is 12.0 Å². The van der Waals surface area contributed by atoms with Crippen molar-refractivity contribution in [2.75, 3.05) is 25.0 Å². The second-order valence-electron chi connectivity index (χ2n) is 5.64. The first-order chi connectivity index (χ1) is 11.1. The van der Waals surface area contributed by atoms with Gasteiger partial charge in [0.15, 0.2) is 0 Å². The normalized spacial score (nSPS) is 17.6. The number of nitrogens with zero attached hydrogens (tertiary/aromatic N) is 2. The molecule has 0 saturated carbocycles. The number of ether oxygens (including phenoxy) is 1. The van der Waals surface area contributed by atoms with Crippen LogP contribution >= 0.6 is 0 Å². The average Bonchev–Trinajstić information content (AvgIpc) is 2.56. The Bertz CT molecular complexity index is 533. The first-order valence-corrected chi connectivity index (χ1v) is 7.97. The molecule has 0 unspecified atom stereocenters. The van der Waals surface area contributed by atoms with E-state index in [-0.39, 0.29) is 12.6 Å². The van der Waals surface area contributed by atoms with E-state index in [1.807, 2.05) is 0 Å². The number of aromatic nitrogens is 1. The Morgan fingerprint density at radius 3 is 2.96 bits per heavy atom. The van der Waals surface area contributed by atoms with Crippen molar-refractivity contribution in [2.45, 2.75) is 32.6 Å². The molecule has 2 N–H and O–H groups in total. The Morgan fingerprint density at radius 1 is 1.48 bits per heavy atom. The van der Waals surface area contributed by atoms with Gasteiger partial charge in [0.1, 0.15) is 0 Å². The second kappa shape index (κ2) is 8.36. The first-order valence-electron chi connectivity index (χ1n) is 7.97. The van der Waals surface area contributed by atoms with E-state index in [1.165, 1.54) is 11.1 Å². The molecule has 1 aliphatic heterocycles. The number of rotatable bonds is 6. The summed E-state index contributed by atoms with van der Waals surface area (Å²) in [7, 11) is 0. The van der Waals surface area contributed by atoms with Crippen LogP contribution in [0.1, 0.15) is 32.6 Å². The fraction of sp³-hybridized carbons (Fsp3) is 0.562. The van der Waals surface area contributed by atoms with Crippen molar-refractivity contribution >= 4 is 17.7 Å². The van der Waals surface area contributed by atoms with E-state index in [0.29, 0.717) is 37.6 Å². The van der Waals surface area contributed by atoms with E-state index in [1.54, 1.807) is 12.1 Å². The zero-order chi connectivity index (χ0) is 16.7. The van der Waals surface area contributed by atoms with E-state index in [9.17, 15) is 9.59 Å². The van der Waals surface area contributed by atoms with Crippen LogP contribution in [0.5, 0.6) is 5.88 Å². The molecule has 2 rings (SSSR count). The number of hydrogen-bond donors (Lipinski definition) is 2. The number of amides is 2. The molecule has 7 heteroatoms. The highest BCUT2D eigenvalue weighted by atomic mass is 16.5. The minimum Gasteiger partial charge on any atom is -0.481 e. The third-order valence-corrected chi connectivity index (χ3v) is 3.79. The summed E-state index contributed by atoms with van der Waals surface area (Å²) in [5.41, 5.74) is 0.565. The number of pyridine rings is 1. The van der Waals surface area contributed by atoms with E-state index in [0.717, 1.165) is 12.8 Å². The van der Waals surface area contributed by atoms with Crippen LogP contribution in [0.25, 0.3) is 0 Å². The molecule has 2 amide bonds. The van der Waals surface area contributed by atoms with Crippen LogP contribution < -0.4 is 10.1 Å². The van der Waals surface area contributed by atoms with Crippen molar-refractivity contribution in [3.8, 4) is 5.88 Å². The number of anilines is 1. The van der Waals surface area contributed by atoms with Gasteiger partial charge in [-0.1, -0.05) is 13.3 Å². The predicted octanol–water partition coefficient (Wildman–Crippen LogP) is 2.59. The largest absolute Gasteiger partial charge is 0.481 e. The van der Waals surface area contributed by atoms with Crippen LogP contribution in [0.4, 0.5) is 10.5 Å². The molecular weight excluding hydrogens is 298 g/mol. The lowest BCUT2D eigenvalue weighted by Gasteiger charge is -2.30. The van der Waals surface area contributed by atoms with Crippen LogP contribution in [0.2, 0.25) is 0 Å². The number of aliphatic carboxylic acids is 1. The summed E-state index contributed by atoms with van der Waals surface area (Å²) < 4.78 is 5.46. The van der Waals surface area contributed by atoms with Gasteiger partial charge in [-0.15, -0.1) is 0 Å². The number of carboxylic acids is 1. The minimum absolute atomic E-state index is 0.243. The number of carbonyl (C=O) groups excluding carboxylic acids is 1. The van der Waals surface area contributed by atoms with Gasteiger partial charge in [0.25, 0.3) is 0 Å². The summed E-state index contributed by atoms with van der Waals surface area (Å²) in [6.45, 7) is 3.53. The van der Waals surface area contributed by atoms with Crippen LogP contribution in [0, 0.1) is 5.92 Å². The van der Waals surface area contributed by atoms with E-state index >= 15 is 0 Å². The zero-order valence-electron chi connectivity index (χ0n) is 13.3. The Kier molecular flexibility index (Phi) is 6.19. The summed E-state index contributed by atoms with van der Waals surface area (Å²) in [5, 5.41) is 11.8. The second-order valence-corrected chi connectivity index (χ2v) is 5.64. The molecule has 1 atom stereocenters. The third-order valence-electron chi connectivity index (χ3n) is 3.79. The molecule has 0 aliphatic carbocycles. The highest BCUT2D eigenvalue weighted by molar-refractivity contribution is 5.89. The minimum atomic E-state index is -0.849. The number of likely N-dealkylation sites (tertiary alicyclic amines) is 1. The predicted molar refractivity (Wildman–Crippen MR) is 85.6 cm³/mol. The maximum atomic E-state index is 12.2. The van der Waals surface area contributed by atoms with Gasteiger partial charge in [0, 0.05) is 19.2 Å². The Hall–Kier alpha value is -2.31. The number of carbonyl (C=O) groups is 2. The summed E-state index contributed by atoms with van der Waals surface area (Å²) in [6.07, 6.45) is 4.89. The monoisotopic (exact) mass is 321 g/mol. The maximum Gasteiger partial charge on any atom is 0.321 e. The summed E-state index contributed by atoms with van der Waals surface area (Å²) in [4.78, 5) is 28.9. The quantitative estimate of drug-likeness (QED) is 0.786. The fourth-order valence-corrected chi connectivity index (χ4v) is 2.43. The molecule has 0 bridgehead atoms. The zero-order valence-corrected chi connectivity index (χ0v) is 13.3. The van der Waals surface area contributed by atoms with Crippen molar-refractivity contribution in [1.29, 1.82) is 0 Å². The van der Waals surface area contributed by atoms with Crippen LogP contribution in [0.15, 0.2) is 18.3 Å². The van der Waals surface area contributed by atoms with Crippen molar-refractivity contribution in [1.82, 2.24) is 9.88 Å². The molecule has 0 spiro atoms. The molecule has 0 aromatic carbocycles. The topological polar surface area (TPSA) is 91.8 Å².